The largest absolute Gasteiger partial charge is 0.487 e. The van der Waals surface area contributed by atoms with E-state index in [0.29, 0.717) is 12.3 Å². The average Bonchev–Trinajstić information content (AvgIpc) is 2.36. The fourth-order valence-corrected chi connectivity index (χ4v) is 2.11. The second-order valence-corrected chi connectivity index (χ2v) is 6.28. The Balaban J connectivity index is 2.11. The highest BCUT2D eigenvalue weighted by molar-refractivity contribution is 5.55. The van der Waals surface area contributed by atoms with Crippen molar-refractivity contribution in [1.82, 2.24) is 0 Å². The first-order valence-electron chi connectivity index (χ1n) is 6.94. The molecule has 0 saturated heterocycles. The van der Waals surface area contributed by atoms with Crippen molar-refractivity contribution in [3.05, 3.63) is 59.2 Å². The van der Waals surface area contributed by atoms with E-state index in [-0.39, 0.29) is 5.41 Å². The van der Waals surface area contributed by atoms with E-state index >= 15 is 0 Å². The molecule has 0 spiro atoms. The van der Waals surface area contributed by atoms with Gasteiger partial charge in [0.15, 0.2) is 0 Å². The number of nitrogens with two attached hydrogens (primary N) is 1. The lowest BCUT2D eigenvalue weighted by Crippen LogP contribution is -2.11. The molecule has 0 fully saturated rings. The molecule has 2 aromatic carbocycles. The first-order valence-corrected chi connectivity index (χ1v) is 6.94. The zero-order valence-corrected chi connectivity index (χ0v) is 12.7. The van der Waals surface area contributed by atoms with Gasteiger partial charge in [-0.15, -0.1) is 0 Å². The van der Waals surface area contributed by atoms with Crippen LogP contribution in [0, 0.1) is 6.92 Å². The van der Waals surface area contributed by atoms with E-state index in [0.717, 1.165) is 11.3 Å². The Kier molecular flexibility index (Phi) is 4.03. The molecule has 20 heavy (non-hydrogen) atoms. The van der Waals surface area contributed by atoms with Crippen molar-refractivity contribution in [2.24, 2.45) is 0 Å². The topological polar surface area (TPSA) is 35.2 Å². The van der Waals surface area contributed by atoms with Crippen LogP contribution >= 0.6 is 0 Å². The van der Waals surface area contributed by atoms with Gasteiger partial charge in [-0.05, 0) is 35.6 Å². The van der Waals surface area contributed by atoms with E-state index < -0.39 is 0 Å². The smallest absolute Gasteiger partial charge is 0.142 e. The molecule has 2 heteroatoms. The molecule has 0 aliphatic rings. The molecule has 0 amide bonds. The Morgan fingerprint density at radius 1 is 1.05 bits per heavy atom. The van der Waals surface area contributed by atoms with Crippen LogP contribution in [0.15, 0.2) is 42.5 Å². The Morgan fingerprint density at radius 3 is 2.40 bits per heavy atom. The monoisotopic (exact) mass is 269 g/mol. The number of aryl methyl sites for hydroxylation is 1. The third kappa shape index (κ3) is 3.53. The predicted molar refractivity (Wildman–Crippen MR) is 85.1 cm³/mol. The van der Waals surface area contributed by atoms with Gasteiger partial charge in [-0.1, -0.05) is 56.7 Å². The Labute approximate surface area is 121 Å². The molecule has 2 N–H and O–H groups in total. The third-order valence-electron chi connectivity index (χ3n) is 3.35. The van der Waals surface area contributed by atoms with Crippen molar-refractivity contribution in [2.45, 2.75) is 39.7 Å². The molecule has 0 aliphatic carbocycles. The highest BCUT2D eigenvalue weighted by atomic mass is 16.5. The van der Waals surface area contributed by atoms with Crippen molar-refractivity contribution in [2.75, 3.05) is 5.73 Å². The van der Waals surface area contributed by atoms with E-state index in [1.807, 2.05) is 18.2 Å². The van der Waals surface area contributed by atoms with Crippen molar-refractivity contribution >= 4 is 5.69 Å². The lowest BCUT2D eigenvalue weighted by Gasteiger charge is -2.20. The van der Waals surface area contributed by atoms with Gasteiger partial charge in [-0.2, -0.15) is 0 Å². The van der Waals surface area contributed by atoms with Gasteiger partial charge < -0.3 is 10.5 Å². The van der Waals surface area contributed by atoms with E-state index in [1.165, 1.54) is 11.1 Å². The molecular weight excluding hydrogens is 246 g/mol. The lowest BCUT2D eigenvalue weighted by molar-refractivity contribution is 0.307. The zero-order chi connectivity index (χ0) is 14.8. The van der Waals surface area contributed by atoms with Crippen molar-refractivity contribution in [3.63, 3.8) is 0 Å². The molecule has 0 radical (unpaired) electrons. The summed E-state index contributed by atoms with van der Waals surface area (Å²) in [6, 6.07) is 14.4. The summed E-state index contributed by atoms with van der Waals surface area (Å²) in [6.07, 6.45) is 0. The molecule has 0 aromatic heterocycles. The summed E-state index contributed by atoms with van der Waals surface area (Å²) in [5, 5.41) is 0. The van der Waals surface area contributed by atoms with Gasteiger partial charge in [0.2, 0.25) is 0 Å². The number of nitrogen functional groups attached to an aromatic ring is 1. The van der Waals surface area contributed by atoms with Crippen LogP contribution in [0.3, 0.4) is 0 Å². The van der Waals surface area contributed by atoms with Crippen LogP contribution in [0.5, 0.6) is 5.75 Å². The summed E-state index contributed by atoms with van der Waals surface area (Å²) < 4.78 is 5.82. The standard InChI is InChI=1S/C18H23NO/c1-13-6-5-7-14(10-13)12-20-17-9-8-15(11-16(17)19)18(2,3)4/h5-11H,12,19H2,1-4H3. The van der Waals surface area contributed by atoms with Crippen LogP contribution in [-0.4, -0.2) is 0 Å². The van der Waals surface area contributed by atoms with Gasteiger partial charge in [0.05, 0.1) is 5.69 Å². The summed E-state index contributed by atoms with van der Waals surface area (Å²) in [4.78, 5) is 0. The molecule has 0 atom stereocenters. The number of ether oxygens (including phenoxy) is 1. The van der Waals surface area contributed by atoms with Crippen molar-refractivity contribution in [1.29, 1.82) is 0 Å². The molecule has 0 saturated carbocycles. The van der Waals surface area contributed by atoms with Crippen LogP contribution in [0.25, 0.3) is 0 Å². The fourth-order valence-electron chi connectivity index (χ4n) is 2.11. The van der Waals surface area contributed by atoms with E-state index in [1.54, 1.807) is 0 Å². The number of benzene rings is 2. The SMILES string of the molecule is Cc1cccc(COc2ccc(C(C)(C)C)cc2N)c1. The highest BCUT2D eigenvalue weighted by Crippen LogP contribution is 2.30. The van der Waals surface area contributed by atoms with Crippen LogP contribution in [0.4, 0.5) is 5.69 Å². The molecule has 2 rings (SSSR count). The number of anilines is 1. The third-order valence-corrected chi connectivity index (χ3v) is 3.35. The second-order valence-electron chi connectivity index (χ2n) is 6.28. The number of hydrogen-bond donors (Lipinski definition) is 1. The van der Waals surface area contributed by atoms with Crippen LogP contribution in [-0.2, 0) is 12.0 Å². The summed E-state index contributed by atoms with van der Waals surface area (Å²) in [5.41, 5.74) is 10.5. The van der Waals surface area contributed by atoms with Gasteiger partial charge >= 0.3 is 0 Å². The Hall–Kier alpha value is -1.96. The first kappa shape index (κ1) is 14.4. The van der Waals surface area contributed by atoms with Gasteiger partial charge in [-0.3, -0.25) is 0 Å². The molecular formula is C18H23NO. The molecule has 106 valence electrons. The first-order chi connectivity index (χ1) is 9.36. The van der Waals surface area contributed by atoms with Crippen molar-refractivity contribution < 1.29 is 4.74 Å². The Bertz CT molecular complexity index is 597. The molecule has 0 bridgehead atoms. The van der Waals surface area contributed by atoms with E-state index in [2.05, 4.69) is 52.0 Å². The normalized spacial score (nSPS) is 11.4. The number of rotatable bonds is 3. The summed E-state index contributed by atoms with van der Waals surface area (Å²) in [5.74, 6) is 0.750. The van der Waals surface area contributed by atoms with Gasteiger partial charge in [0.1, 0.15) is 12.4 Å². The Morgan fingerprint density at radius 2 is 1.80 bits per heavy atom. The highest BCUT2D eigenvalue weighted by Gasteiger charge is 2.15. The minimum absolute atomic E-state index is 0.100. The van der Waals surface area contributed by atoms with E-state index in [4.69, 9.17) is 10.5 Å². The molecule has 0 heterocycles. The summed E-state index contributed by atoms with van der Waals surface area (Å²) in [6.45, 7) is 9.15. The minimum atomic E-state index is 0.100. The van der Waals surface area contributed by atoms with Crippen molar-refractivity contribution in [3.8, 4) is 5.75 Å². The maximum atomic E-state index is 6.09. The maximum absolute atomic E-state index is 6.09. The average molecular weight is 269 g/mol. The summed E-state index contributed by atoms with van der Waals surface area (Å²) >= 11 is 0. The molecule has 0 unspecified atom stereocenters. The molecule has 0 aliphatic heterocycles. The predicted octanol–water partition coefficient (Wildman–Crippen LogP) is 4.45. The quantitative estimate of drug-likeness (QED) is 0.835. The van der Waals surface area contributed by atoms with Crippen LogP contribution in [0.1, 0.15) is 37.5 Å². The maximum Gasteiger partial charge on any atom is 0.142 e. The van der Waals surface area contributed by atoms with Gasteiger partial charge in [0.25, 0.3) is 0 Å². The van der Waals surface area contributed by atoms with E-state index in [9.17, 15) is 0 Å². The fraction of sp³-hybridized carbons (Fsp3) is 0.333. The van der Waals surface area contributed by atoms with Gasteiger partial charge in [-0.25, -0.2) is 0 Å². The van der Waals surface area contributed by atoms with Gasteiger partial charge in [0, 0.05) is 0 Å². The zero-order valence-electron chi connectivity index (χ0n) is 12.7. The van der Waals surface area contributed by atoms with Crippen LogP contribution < -0.4 is 10.5 Å². The second kappa shape index (κ2) is 5.58. The number of hydrogen-bond acceptors (Lipinski definition) is 2. The molecule has 2 aromatic rings. The summed E-state index contributed by atoms with van der Waals surface area (Å²) in [7, 11) is 0. The van der Waals surface area contributed by atoms with Crippen LogP contribution in [0.2, 0.25) is 0 Å². The lowest BCUT2D eigenvalue weighted by atomic mass is 9.87. The molecule has 2 nitrogen and oxygen atoms in total. The minimum Gasteiger partial charge on any atom is -0.487 e.